The van der Waals surface area contributed by atoms with Crippen LogP contribution in [-0.4, -0.2) is 39.4 Å². The minimum atomic E-state index is -0.234. The van der Waals surface area contributed by atoms with Gasteiger partial charge in [-0.15, -0.1) is 23.5 Å². The van der Waals surface area contributed by atoms with Gasteiger partial charge in [-0.3, -0.25) is 4.79 Å². The van der Waals surface area contributed by atoms with Gasteiger partial charge < -0.3 is 9.84 Å². The van der Waals surface area contributed by atoms with Crippen molar-refractivity contribution in [1.29, 1.82) is 0 Å². The molecule has 148 valence electrons. The number of aliphatic hydroxyl groups is 1. The third kappa shape index (κ3) is 3.14. The molecule has 4 rings (SSSR count). The van der Waals surface area contributed by atoms with Crippen molar-refractivity contribution in [2.45, 2.75) is 82.5 Å². The average Bonchev–Trinajstić information content (AvgIpc) is 3.12. The number of ether oxygens (including phenoxy) is 1. The minimum absolute atomic E-state index is 0.0527. The maximum atomic E-state index is 11.8. The Morgan fingerprint density at radius 1 is 1.12 bits per heavy atom. The SMILES string of the molecule is CC(=O)O[C@@H]1C[C@H]2CCCC[C@]2(C)[C@H]2C[C@@H](O)[C@](C)(C3SCCS3)C[C@H]12. The molecule has 0 unspecified atom stereocenters. The Morgan fingerprint density at radius 3 is 2.54 bits per heavy atom. The van der Waals surface area contributed by atoms with Gasteiger partial charge in [0.05, 0.1) is 10.7 Å². The molecule has 7 atom stereocenters. The van der Waals surface area contributed by atoms with Crippen molar-refractivity contribution >= 4 is 29.5 Å². The first-order valence-corrected chi connectivity index (χ1v) is 12.5. The first kappa shape index (κ1) is 19.4. The van der Waals surface area contributed by atoms with Crippen molar-refractivity contribution in [3.63, 3.8) is 0 Å². The van der Waals surface area contributed by atoms with E-state index in [1.165, 1.54) is 37.2 Å². The van der Waals surface area contributed by atoms with Crippen LogP contribution in [0, 0.1) is 28.6 Å². The van der Waals surface area contributed by atoms with Crippen LogP contribution in [-0.2, 0) is 9.53 Å². The topological polar surface area (TPSA) is 46.5 Å². The summed E-state index contributed by atoms with van der Waals surface area (Å²) >= 11 is 4.05. The third-order valence-corrected chi connectivity index (χ3v) is 11.8. The van der Waals surface area contributed by atoms with Crippen molar-refractivity contribution in [3.05, 3.63) is 0 Å². The van der Waals surface area contributed by atoms with E-state index in [0.717, 1.165) is 19.3 Å². The van der Waals surface area contributed by atoms with Crippen molar-refractivity contribution in [2.75, 3.05) is 11.5 Å². The number of aliphatic hydroxyl groups excluding tert-OH is 1. The zero-order valence-electron chi connectivity index (χ0n) is 16.4. The van der Waals surface area contributed by atoms with Crippen LogP contribution in [0.1, 0.15) is 65.7 Å². The Morgan fingerprint density at radius 2 is 1.85 bits per heavy atom. The van der Waals surface area contributed by atoms with Gasteiger partial charge in [0.25, 0.3) is 0 Å². The van der Waals surface area contributed by atoms with Gasteiger partial charge in [0.1, 0.15) is 6.10 Å². The lowest BCUT2D eigenvalue weighted by Gasteiger charge is -2.61. The first-order valence-electron chi connectivity index (χ1n) is 10.4. The van der Waals surface area contributed by atoms with Crippen molar-refractivity contribution in [1.82, 2.24) is 0 Å². The minimum Gasteiger partial charge on any atom is -0.462 e. The van der Waals surface area contributed by atoms with Gasteiger partial charge in [-0.25, -0.2) is 0 Å². The van der Waals surface area contributed by atoms with Gasteiger partial charge in [-0.2, -0.15) is 0 Å². The fraction of sp³-hybridized carbons (Fsp3) is 0.952. The fourth-order valence-electron chi connectivity index (χ4n) is 6.72. The molecule has 5 heteroatoms. The van der Waals surface area contributed by atoms with Crippen LogP contribution in [0.15, 0.2) is 0 Å². The summed E-state index contributed by atoms with van der Waals surface area (Å²) < 4.78 is 6.39. The number of carbonyl (C=O) groups excluding carboxylic acids is 1. The molecule has 0 aromatic carbocycles. The second-order valence-corrected chi connectivity index (χ2v) is 12.4. The molecule has 1 saturated heterocycles. The van der Waals surface area contributed by atoms with Crippen LogP contribution in [0.2, 0.25) is 0 Å². The highest BCUT2D eigenvalue weighted by Crippen LogP contribution is 2.64. The Bertz CT molecular complexity index is 549. The van der Waals surface area contributed by atoms with Gasteiger partial charge >= 0.3 is 5.97 Å². The standard InChI is InChI=1S/C21H34O3S2/c1-13(22)24-17-10-14-6-4-5-7-20(14,2)16-11-18(23)21(3,12-15(16)17)19-25-8-9-26-19/h14-19,23H,4-12H2,1-3H3/t14-,15+,16+,17-,18-,20+,21-/m1/s1. The summed E-state index contributed by atoms with van der Waals surface area (Å²) in [4.78, 5) is 11.8. The zero-order valence-corrected chi connectivity index (χ0v) is 18.0. The summed E-state index contributed by atoms with van der Waals surface area (Å²) in [7, 11) is 0. The molecule has 4 aliphatic rings. The highest BCUT2D eigenvalue weighted by molar-refractivity contribution is 8.20. The summed E-state index contributed by atoms with van der Waals surface area (Å²) in [6, 6.07) is 0. The van der Waals surface area contributed by atoms with Crippen LogP contribution >= 0.6 is 23.5 Å². The monoisotopic (exact) mass is 398 g/mol. The van der Waals surface area contributed by atoms with Crippen LogP contribution in [0.5, 0.6) is 0 Å². The van der Waals surface area contributed by atoms with Gasteiger partial charge in [0, 0.05) is 29.8 Å². The summed E-state index contributed by atoms with van der Waals surface area (Å²) in [5, 5.41) is 11.3. The van der Waals surface area contributed by atoms with E-state index in [0.29, 0.717) is 27.8 Å². The molecule has 0 aromatic heterocycles. The number of thioether (sulfide) groups is 2. The van der Waals surface area contributed by atoms with E-state index in [2.05, 4.69) is 13.8 Å². The van der Waals surface area contributed by atoms with E-state index in [-0.39, 0.29) is 23.6 Å². The Hall–Kier alpha value is 0.130. The largest absolute Gasteiger partial charge is 0.462 e. The first-order chi connectivity index (χ1) is 12.3. The van der Waals surface area contributed by atoms with E-state index >= 15 is 0 Å². The lowest BCUT2D eigenvalue weighted by molar-refractivity contribution is -0.186. The summed E-state index contributed by atoms with van der Waals surface area (Å²) in [6.07, 6.45) is 7.92. The molecule has 0 spiro atoms. The smallest absolute Gasteiger partial charge is 0.302 e. The molecule has 0 aromatic rings. The van der Waals surface area contributed by atoms with E-state index in [9.17, 15) is 9.90 Å². The molecule has 3 saturated carbocycles. The third-order valence-electron chi connectivity index (χ3n) is 8.20. The Labute approximate surface area is 166 Å². The molecule has 0 bridgehead atoms. The van der Waals surface area contributed by atoms with Gasteiger partial charge in [-0.1, -0.05) is 26.7 Å². The van der Waals surface area contributed by atoms with Crippen LogP contribution in [0.3, 0.4) is 0 Å². The molecule has 26 heavy (non-hydrogen) atoms. The normalized spacial score (nSPS) is 49.3. The number of hydrogen-bond donors (Lipinski definition) is 1. The predicted molar refractivity (Wildman–Crippen MR) is 109 cm³/mol. The molecule has 0 radical (unpaired) electrons. The summed E-state index contributed by atoms with van der Waals surface area (Å²) in [5.41, 5.74) is 0.251. The molecular weight excluding hydrogens is 364 g/mol. The molecule has 1 aliphatic heterocycles. The fourth-order valence-corrected chi connectivity index (χ4v) is 10.1. The molecule has 4 fully saturated rings. The van der Waals surface area contributed by atoms with Crippen LogP contribution < -0.4 is 0 Å². The van der Waals surface area contributed by atoms with Crippen molar-refractivity contribution in [2.24, 2.45) is 28.6 Å². The lowest BCUT2D eigenvalue weighted by atomic mass is 9.46. The second-order valence-electron chi connectivity index (χ2n) is 9.64. The molecule has 1 heterocycles. The van der Waals surface area contributed by atoms with Gasteiger partial charge in [-0.05, 0) is 49.4 Å². The quantitative estimate of drug-likeness (QED) is 0.682. The van der Waals surface area contributed by atoms with E-state index < -0.39 is 0 Å². The maximum absolute atomic E-state index is 11.8. The zero-order chi connectivity index (χ0) is 18.5. The van der Waals surface area contributed by atoms with Crippen molar-refractivity contribution in [3.8, 4) is 0 Å². The van der Waals surface area contributed by atoms with Crippen molar-refractivity contribution < 1.29 is 14.6 Å². The summed E-state index contributed by atoms with van der Waals surface area (Å²) in [5.74, 6) is 3.80. The predicted octanol–water partition coefficient (Wildman–Crippen LogP) is 4.72. The maximum Gasteiger partial charge on any atom is 0.302 e. The molecule has 0 amide bonds. The number of fused-ring (bicyclic) bond motifs is 3. The number of rotatable bonds is 2. The van der Waals surface area contributed by atoms with Crippen LogP contribution in [0.25, 0.3) is 0 Å². The van der Waals surface area contributed by atoms with Crippen LogP contribution in [0.4, 0.5) is 0 Å². The highest BCUT2D eigenvalue weighted by atomic mass is 32.2. The van der Waals surface area contributed by atoms with E-state index in [4.69, 9.17) is 4.74 Å². The number of esters is 1. The van der Waals surface area contributed by atoms with E-state index in [1.807, 2.05) is 23.5 Å². The lowest BCUT2D eigenvalue weighted by Crippen LogP contribution is -2.59. The summed E-state index contributed by atoms with van der Waals surface area (Å²) in [6.45, 7) is 6.33. The Balaban J connectivity index is 1.65. The Kier molecular flexibility index (Phi) is 5.37. The van der Waals surface area contributed by atoms with E-state index in [1.54, 1.807) is 6.92 Å². The highest BCUT2D eigenvalue weighted by Gasteiger charge is 2.60. The molecular formula is C21H34O3S2. The number of carbonyl (C=O) groups is 1. The molecule has 3 aliphatic carbocycles. The number of hydrogen-bond acceptors (Lipinski definition) is 5. The average molecular weight is 399 g/mol. The molecule has 3 nitrogen and oxygen atoms in total. The van der Waals surface area contributed by atoms with Gasteiger partial charge in [0.2, 0.25) is 0 Å². The molecule has 1 N–H and O–H groups in total. The second kappa shape index (κ2) is 7.18. The van der Waals surface area contributed by atoms with Gasteiger partial charge in [0.15, 0.2) is 0 Å².